The number of H-pyrrole nitrogens is 1. The maximum atomic E-state index is 12.8. The number of nitrogens with one attached hydrogen (secondary N) is 1. The highest BCUT2D eigenvalue weighted by Gasteiger charge is 2.32. The number of hydrogen-bond donors (Lipinski definition) is 1. The van der Waals surface area contributed by atoms with Gasteiger partial charge in [0.25, 0.3) is 10.0 Å². The molecule has 0 unspecified atom stereocenters. The minimum Gasteiger partial charge on any atom is -0.441 e. The van der Waals surface area contributed by atoms with Gasteiger partial charge in [-0.15, -0.1) is 0 Å². The van der Waals surface area contributed by atoms with E-state index in [1.807, 2.05) is 30.3 Å². The van der Waals surface area contributed by atoms with E-state index in [2.05, 4.69) is 9.97 Å². The summed E-state index contributed by atoms with van der Waals surface area (Å²) in [5, 5.41) is 0. The Hall–Kier alpha value is -2.76. The van der Waals surface area contributed by atoms with Crippen molar-refractivity contribution in [1.82, 2.24) is 19.2 Å². The van der Waals surface area contributed by atoms with Gasteiger partial charge in [0, 0.05) is 50.3 Å². The molecular weight excluding hydrogens is 440 g/mol. The van der Waals surface area contributed by atoms with Gasteiger partial charge in [0.15, 0.2) is 15.9 Å². The van der Waals surface area contributed by atoms with Crippen LogP contribution in [0, 0.1) is 6.92 Å². The van der Waals surface area contributed by atoms with Gasteiger partial charge in [0.05, 0.1) is 6.20 Å². The van der Waals surface area contributed by atoms with Crippen molar-refractivity contribution >= 4 is 27.3 Å². The quantitative estimate of drug-likeness (QED) is 0.598. The predicted molar refractivity (Wildman–Crippen MR) is 115 cm³/mol. The molecule has 0 aliphatic carbocycles. The van der Waals surface area contributed by atoms with Crippen molar-refractivity contribution in [2.24, 2.45) is 0 Å². The Morgan fingerprint density at radius 2 is 1.90 bits per heavy atom. The van der Waals surface area contributed by atoms with E-state index in [4.69, 9.17) is 4.42 Å². The zero-order valence-corrected chi connectivity index (χ0v) is 18.5. The first-order valence-electron chi connectivity index (χ1n) is 9.82. The van der Waals surface area contributed by atoms with Crippen LogP contribution in [0.1, 0.15) is 18.0 Å². The second-order valence-corrected chi connectivity index (χ2v) is 10.3. The van der Waals surface area contributed by atoms with Crippen molar-refractivity contribution in [1.29, 1.82) is 0 Å². The summed E-state index contributed by atoms with van der Waals surface area (Å²) in [4.78, 5) is 32.0. The molecule has 164 valence electrons. The van der Waals surface area contributed by atoms with Gasteiger partial charge in [-0.2, -0.15) is 4.31 Å². The third-order valence-electron chi connectivity index (χ3n) is 5.11. The fourth-order valence-corrected chi connectivity index (χ4v) is 6.32. The smallest absolute Gasteiger partial charge is 0.305 e. The Balaban J connectivity index is 1.31. The summed E-state index contributed by atoms with van der Waals surface area (Å²) in [6.45, 7) is 2.55. The molecule has 4 rings (SSSR count). The number of piperazine rings is 1. The molecule has 1 amide bonds. The zero-order valence-electron chi connectivity index (χ0n) is 16.9. The number of oxazole rings is 1. The van der Waals surface area contributed by atoms with Crippen LogP contribution in [0.2, 0.25) is 0 Å². The molecule has 9 nitrogen and oxygen atoms in total. The van der Waals surface area contributed by atoms with Crippen LogP contribution in [0.5, 0.6) is 0 Å². The predicted octanol–water partition coefficient (Wildman–Crippen LogP) is 1.87. The first-order valence-corrected chi connectivity index (χ1v) is 12.1. The number of benzene rings is 1. The molecule has 1 fully saturated rings. The Labute approximate surface area is 183 Å². The van der Waals surface area contributed by atoms with Gasteiger partial charge in [-0.3, -0.25) is 9.59 Å². The third-order valence-corrected chi connectivity index (χ3v) is 8.59. The molecule has 1 aliphatic heterocycles. The van der Waals surface area contributed by atoms with E-state index in [9.17, 15) is 18.0 Å². The maximum absolute atomic E-state index is 12.8. The Morgan fingerprint density at radius 3 is 2.55 bits per heavy atom. The molecule has 1 saturated heterocycles. The summed E-state index contributed by atoms with van der Waals surface area (Å²) >= 11 is 0.689. The van der Waals surface area contributed by atoms with E-state index in [0.29, 0.717) is 48.2 Å². The van der Waals surface area contributed by atoms with Crippen molar-refractivity contribution in [3.8, 4) is 11.3 Å². The van der Waals surface area contributed by atoms with Crippen LogP contribution in [-0.2, 0) is 21.2 Å². The van der Waals surface area contributed by atoms with Crippen molar-refractivity contribution in [2.45, 2.75) is 24.0 Å². The molecule has 1 aliphatic rings. The summed E-state index contributed by atoms with van der Waals surface area (Å²) in [6.07, 6.45) is 2.26. The fourth-order valence-electron chi connectivity index (χ4n) is 3.47. The topological polar surface area (TPSA) is 117 Å². The minimum atomic E-state index is -3.74. The van der Waals surface area contributed by atoms with E-state index < -0.39 is 14.9 Å². The highest BCUT2D eigenvalue weighted by Crippen LogP contribution is 2.23. The minimum absolute atomic E-state index is 0.0374. The molecular formula is C20H22N4O5S2. The van der Waals surface area contributed by atoms with E-state index >= 15 is 0 Å². The lowest BCUT2D eigenvalue weighted by atomic mass is 10.2. The van der Waals surface area contributed by atoms with Gasteiger partial charge in [0.2, 0.25) is 5.91 Å². The molecule has 1 aromatic carbocycles. The van der Waals surface area contributed by atoms with Crippen LogP contribution in [0.25, 0.3) is 11.3 Å². The van der Waals surface area contributed by atoms with Crippen LogP contribution in [0.15, 0.2) is 49.9 Å². The molecule has 0 bridgehead atoms. The number of carbonyl (C=O) groups is 1. The number of aromatic nitrogens is 2. The molecule has 0 radical (unpaired) electrons. The van der Waals surface area contributed by atoms with Gasteiger partial charge < -0.3 is 14.3 Å². The molecule has 0 saturated carbocycles. The van der Waals surface area contributed by atoms with Crippen molar-refractivity contribution in [3.63, 3.8) is 0 Å². The van der Waals surface area contributed by atoms with Gasteiger partial charge in [-0.05, 0) is 6.92 Å². The Morgan fingerprint density at radius 1 is 1.19 bits per heavy atom. The Kier molecular flexibility index (Phi) is 6.08. The van der Waals surface area contributed by atoms with Crippen molar-refractivity contribution in [3.05, 3.63) is 57.8 Å². The highest BCUT2D eigenvalue weighted by atomic mass is 32.2. The maximum Gasteiger partial charge on any atom is 0.305 e. The summed E-state index contributed by atoms with van der Waals surface area (Å²) in [5.74, 6) is 1.08. The average Bonchev–Trinajstić information content (AvgIpc) is 3.39. The largest absolute Gasteiger partial charge is 0.441 e. The molecule has 2 aromatic heterocycles. The second kappa shape index (κ2) is 8.77. The molecule has 1 N–H and O–H groups in total. The lowest BCUT2D eigenvalue weighted by molar-refractivity contribution is -0.132. The molecule has 3 heterocycles. The van der Waals surface area contributed by atoms with E-state index in [0.717, 1.165) is 5.56 Å². The molecule has 0 atom stereocenters. The SMILES string of the molecule is Cc1[nH]c(=O)sc1S(=O)(=O)N1CCN(C(=O)CCc2ncc(-c3ccccc3)o2)CC1. The number of thiazole rings is 1. The van der Waals surface area contributed by atoms with E-state index in [1.54, 1.807) is 18.0 Å². The molecule has 0 spiro atoms. The van der Waals surface area contributed by atoms with Gasteiger partial charge >= 0.3 is 4.87 Å². The van der Waals surface area contributed by atoms with Crippen LogP contribution < -0.4 is 4.87 Å². The monoisotopic (exact) mass is 462 g/mol. The number of aryl methyl sites for hydroxylation is 2. The Bertz CT molecular complexity index is 1220. The first kappa shape index (κ1) is 21.5. The normalized spacial score (nSPS) is 15.3. The van der Waals surface area contributed by atoms with Crippen LogP contribution in [-0.4, -0.2) is 59.7 Å². The zero-order chi connectivity index (χ0) is 22.0. The van der Waals surface area contributed by atoms with E-state index in [1.165, 1.54) is 4.31 Å². The van der Waals surface area contributed by atoms with Gasteiger partial charge in [-0.25, -0.2) is 13.4 Å². The van der Waals surface area contributed by atoms with E-state index in [-0.39, 0.29) is 29.6 Å². The highest BCUT2D eigenvalue weighted by molar-refractivity contribution is 7.91. The lowest BCUT2D eigenvalue weighted by Gasteiger charge is -2.33. The average molecular weight is 463 g/mol. The fraction of sp³-hybridized carbons (Fsp3) is 0.350. The second-order valence-electron chi connectivity index (χ2n) is 7.20. The number of sulfonamides is 1. The number of hydrogen-bond acceptors (Lipinski definition) is 7. The lowest BCUT2D eigenvalue weighted by Crippen LogP contribution is -2.50. The standard InChI is InChI=1S/C20H22N4O5S2/c1-14-19(30-20(26)22-14)31(27,28)24-11-9-23(10-12-24)18(25)8-7-17-21-13-16(29-17)15-5-3-2-4-6-15/h2-6,13H,7-12H2,1H3,(H,22,26). The number of carbonyl (C=O) groups excluding carboxylic acids is 1. The summed E-state index contributed by atoms with van der Waals surface area (Å²) in [7, 11) is -3.74. The summed E-state index contributed by atoms with van der Waals surface area (Å²) < 4.78 is 32.7. The number of rotatable bonds is 6. The third kappa shape index (κ3) is 4.63. The van der Waals surface area contributed by atoms with Crippen LogP contribution in [0.4, 0.5) is 0 Å². The summed E-state index contributed by atoms with van der Waals surface area (Å²) in [5.41, 5.74) is 1.27. The molecule has 3 aromatic rings. The molecule has 31 heavy (non-hydrogen) atoms. The van der Waals surface area contributed by atoms with Crippen LogP contribution >= 0.6 is 11.3 Å². The number of nitrogens with zero attached hydrogens (tertiary/aromatic N) is 3. The van der Waals surface area contributed by atoms with Gasteiger partial charge in [-0.1, -0.05) is 41.7 Å². The van der Waals surface area contributed by atoms with Crippen molar-refractivity contribution < 1.29 is 17.6 Å². The van der Waals surface area contributed by atoms with Crippen LogP contribution in [0.3, 0.4) is 0 Å². The number of amides is 1. The molecule has 11 heteroatoms. The number of aromatic amines is 1. The van der Waals surface area contributed by atoms with Crippen molar-refractivity contribution in [2.75, 3.05) is 26.2 Å². The first-order chi connectivity index (χ1) is 14.8. The van der Waals surface area contributed by atoms with Gasteiger partial charge in [0.1, 0.15) is 0 Å². The summed E-state index contributed by atoms with van der Waals surface area (Å²) in [6, 6.07) is 9.61.